The van der Waals surface area contributed by atoms with Crippen molar-refractivity contribution in [3.8, 4) is 11.5 Å². The van der Waals surface area contributed by atoms with Gasteiger partial charge in [0, 0.05) is 0 Å². The molecule has 0 heterocycles. The molecule has 3 heteroatoms. The molecule has 0 saturated carbocycles. The minimum Gasteiger partial charge on any atom is -0.494 e. The molecule has 0 saturated heterocycles. The summed E-state index contributed by atoms with van der Waals surface area (Å²) in [5.74, 6) is 0.923. The third kappa shape index (κ3) is 3.18. The van der Waals surface area contributed by atoms with Gasteiger partial charge in [-0.05, 0) is 50.1 Å². The number of carbonyl (C=O) groups is 1. The average molecular weight is 270 g/mol. The van der Waals surface area contributed by atoms with E-state index in [1.165, 1.54) is 0 Å². The van der Waals surface area contributed by atoms with E-state index in [2.05, 4.69) is 0 Å². The van der Waals surface area contributed by atoms with E-state index in [-0.39, 0.29) is 5.97 Å². The largest absolute Gasteiger partial charge is 0.494 e. The third-order valence-electron chi connectivity index (χ3n) is 2.98. The second-order valence-electron chi connectivity index (χ2n) is 4.57. The van der Waals surface area contributed by atoms with Gasteiger partial charge in [0.15, 0.2) is 0 Å². The maximum atomic E-state index is 12.2. The van der Waals surface area contributed by atoms with Gasteiger partial charge in [0.1, 0.15) is 11.5 Å². The van der Waals surface area contributed by atoms with Gasteiger partial charge < -0.3 is 9.47 Å². The van der Waals surface area contributed by atoms with Gasteiger partial charge in [0.05, 0.1) is 12.2 Å². The molecule has 0 aliphatic heterocycles. The van der Waals surface area contributed by atoms with Crippen LogP contribution in [0.5, 0.6) is 11.5 Å². The van der Waals surface area contributed by atoms with Gasteiger partial charge in [-0.15, -0.1) is 0 Å². The maximum Gasteiger partial charge on any atom is 0.343 e. The van der Waals surface area contributed by atoms with Crippen LogP contribution in [-0.4, -0.2) is 12.6 Å². The number of rotatable bonds is 4. The standard InChI is InChI=1S/C17H18O3/c1-4-19-15-10-6-9-14(11-15)17(18)20-16-12(2)7-5-8-13(16)3/h5-11H,4H2,1-3H3. The van der Waals surface area contributed by atoms with Crippen molar-refractivity contribution in [3.63, 3.8) is 0 Å². The van der Waals surface area contributed by atoms with Crippen molar-refractivity contribution in [1.29, 1.82) is 0 Å². The van der Waals surface area contributed by atoms with Gasteiger partial charge in [-0.3, -0.25) is 0 Å². The smallest absolute Gasteiger partial charge is 0.343 e. The Morgan fingerprint density at radius 2 is 1.70 bits per heavy atom. The van der Waals surface area contributed by atoms with E-state index in [0.717, 1.165) is 11.1 Å². The van der Waals surface area contributed by atoms with Crippen molar-refractivity contribution in [2.24, 2.45) is 0 Å². The number of hydrogen-bond acceptors (Lipinski definition) is 3. The average Bonchev–Trinajstić information content (AvgIpc) is 2.43. The first-order valence-corrected chi connectivity index (χ1v) is 6.63. The second kappa shape index (κ2) is 6.24. The number of para-hydroxylation sites is 1. The minimum absolute atomic E-state index is 0.371. The van der Waals surface area contributed by atoms with Crippen molar-refractivity contribution < 1.29 is 14.3 Å². The summed E-state index contributed by atoms with van der Waals surface area (Å²) in [5.41, 5.74) is 2.37. The predicted molar refractivity (Wildman–Crippen MR) is 78.5 cm³/mol. The van der Waals surface area contributed by atoms with Gasteiger partial charge in [-0.1, -0.05) is 24.3 Å². The van der Waals surface area contributed by atoms with Crippen LogP contribution in [0.1, 0.15) is 28.4 Å². The minimum atomic E-state index is -0.371. The normalized spacial score (nSPS) is 10.2. The van der Waals surface area contributed by atoms with Crippen LogP contribution in [0.3, 0.4) is 0 Å². The van der Waals surface area contributed by atoms with Crippen LogP contribution < -0.4 is 9.47 Å². The van der Waals surface area contributed by atoms with Crippen LogP contribution in [0.2, 0.25) is 0 Å². The third-order valence-corrected chi connectivity index (χ3v) is 2.98. The molecular formula is C17H18O3. The number of benzene rings is 2. The zero-order chi connectivity index (χ0) is 14.5. The van der Waals surface area contributed by atoms with E-state index in [9.17, 15) is 4.79 Å². The molecule has 0 atom stereocenters. The second-order valence-corrected chi connectivity index (χ2v) is 4.57. The molecule has 0 amide bonds. The van der Waals surface area contributed by atoms with E-state index in [1.807, 2.05) is 45.0 Å². The highest BCUT2D eigenvalue weighted by Gasteiger charge is 2.12. The number of aryl methyl sites for hydroxylation is 2. The maximum absolute atomic E-state index is 12.2. The molecule has 3 nitrogen and oxygen atoms in total. The first-order chi connectivity index (χ1) is 9.61. The van der Waals surface area contributed by atoms with Crippen molar-refractivity contribution >= 4 is 5.97 Å². The monoisotopic (exact) mass is 270 g/mol. The summed E-state index contributed by atoms with van der Waals surface area (Å²) in [7, 11) is 0. The highest BCUT2D eigenvalue weighted by atomic mass is 16.5. The highest BCUT2D eigenvalue weighted by Crippen LogP contribution is 2.24. The lowest BCUT2D eigenvalue weighted by Crippen LogP contribution is -2.10. The fourth-order valence-electron chi connectivity index (χ4n) is 1.99. The van der Waals surface area contributed by atoms with E-state index in [1.54, 1.807) is 18.2 Å². The molecule has 0 aromatic heterocycles. The summed E-state index contributed by atoms with van der Waals surface area (Å²) in [5, 5.41) is 0. The first kappa shape index (κ1) is 14.1. The summed E-state index contributed by atoms with van der Waals surface area (Å²) < 4.78 is 10.9. The molecule has 0 aliphatic carbocycles. The molecule has 0 unspecified atom stereocenters. The fraction of sp³-hybridized carbons (Fsp3) is 0.235. The number of hydrogen-bond donors (Lipinski definition) is 0. The van der Waals surface area contributed by atoms with Gasteiger partial charge in [-0.25, -0.2) is 4.79 Å². The SMILES string of the molecule is CCOc1cccc(C(=O)Oc2c(C)cccc2C)c1. The van der Waals surface area contributed by atoms with Crippen LogP contribution in [0.15, 0.2) is 42.5 Å². The van der Waals surface area contributed by atoms with Crippen LogP contribution in [0.25, 0.3) is 0 Å². The lowest BCUT2D eigenvalue weighted by atomic mass is 10.1. The Kier molecular flexibility index (Phi) is 4.41. The van der Waals surface area contributed by atoms with Crippen LogP contribution in [0, 0.1) is 13.8 Å². The van der Waals surface area contributed by atoms with Gasteiger partial charge in [-0.2, -0.15) is 0 Å². The Balaban J connectivity index is 2.22. The van der Waals surface area contributed by atoms with Crippen LogP contribution in [0.4, 0.5) is 0 Å². The Labute approximate surface area is 119 Å². The van der Waals surface area contributed by atoms with Crippen LogP contribution >= 0.6 is 0 Å². The zero-order valence-electron chi connectivity index (χ0n) is 12.0. The fourth-order valence-corrected chi connectivity index (χ4v) is 1.99. The van der Waals surface area contributed by atoms with Gasteiger partial charge in [0.25, 0.3) is 0 Å². The Hall–Kier alpha value is -2.29. The summed E-state index contributed by atoms with van der Waals surface area (Å²) in [4.78, 5) is 12.2. The first-order valence-electron chi connectivity index (χ1n) is 6.63. The van der Waals surface area contributed by atoms with Crippen molar-refractivity contribution in [3.05, 3.63) is 59.2 Å². The zero-order valence-corrected chi connectivity index (χ0v) is 12.0. The lowest BCUT2D eigenvalue weighted by molar-refractivity contribution is 0.0732. The topological polar surface area (TPSA) is 35.5 Å². The molecule has 0 radical (unpaired) electrons. The van der Waals surface area contributed by atoms with Gasteiger partial charge in [0.2, 0.25) is 0 Å². The molecule has 2 aromatic carbocycles. The highest BCUT2D eigenvalue weighted by molar-refractivity contribution is 5.91. The number of esters is 1. The molecule has 0 fully saturated rings. The molecule has 0 N–H and O–H groups in total. The van der Waals surface area contributed by atoms with E-state index < -0.39 is 0 Å². The van der Waals surface area contributed by atoms with E-state index >= 15 is 0 Å². The summed E-state index contributed by atoms with van der Waals surface area (Å²) >= 11 is 0. The van der Waals surface area contributed by atoms with Crippen molar-refractivity contribution in [1.82, 2.24) is 0 Å². The molecule has 0 bridgehead atoms. The lowest BCUT2D eigenvalue weighted by Gasteiger charge is -2.11. The van der Waals surface area contributed by atoms with E-state index in [0.29, 0.717) is 23.7 Å². The molecule has 2 rings (SSSR count). The molecular weight excluding hydrogens is 252 g/mol. The van der Waals surface area contributed by atoms with Gasteiger partial charge >= 0.3 is 5.97 Å². The van der Waals surface area contributed by atoms with Crippen LogP contribution in [-0.2, 0) is 0 Å². The molecule has 20 heavy (non-hydrogen) atoms. The molecule has 0 aliphatic rings. The summed E-state index contributed by atoms with van der Waals surface area (Å²) in [6.45, 7) is 6.32. The van der Waals surface area contributed by atoms with Crippen molar-refractivity contribution in [2.75, 3.05) is 6.61 Å². The number of ether oxygens (including phenoxy) is 2. The molecule has 104 valence electrons. The Bertz CT molecular complexity index is 597. The predicted octanol–water partition coefficient (Wildman–Crippen LogP) is 3.92. The Morgan fingerprint density at radius 3 is 2.35 bits per heavy atom. The quantitative estimate of drug-likeness (QED) is 0.624. The molecule has 2 aromatic rings. The summed E-state index contributed by atoms with van der Waals surface area (Å²) in [6.07, 6.45) is 0. The Morgan fingerprint density at radius 1 is 1.05 bits per heavy atom. The van der Waals surface area contributed by atoms with E-state index in [4.69, 9.17) is 9.47 Å². The molecule has 0 spiro atoms. The summed E-state index contributed by atoms with van der Waals surface area (Å²) in [6, 6.07) is 12.8. The number of carbonyl (C=O) groups excluding carboxylic acids is 1. The van der Waals surface area contributed by atoms with Crippen molar-refractivity contribution in [2.45, 2.75) is 20.8 Å².